The first kappa shape index (κ1) is 19.9. The van der Waals surface area contributed by atoms with Crippen molar-refractivity contribution in [3.8, 4) is 0 Å². The molecular weight excluding hydrogens is 506 g/mol. The van der Waals surface area contributed by atoms with Crippen LogP contribution in [-0.4, -0.2) is 13.2 Å². The molecule has 0 unspecified atom stereocenters. The molecule has 11 aromatic rings. The van der Waals surface area contributed by atoms with Crippen LogP contribution in [0.15, 0.2) is 115 Å². The van der Waals surface area contributed by atoms with E-state index in [2.05, 4.69) is 128 Å². The lowest BCUT2D eigenvalue weighted by Crippen LogP contribution is -1.97. The highest BCUT2D eigenvalue weighted by molar-refractivity contribution is 7.24. The van der Waals surface area contributed by atoms with Crippen LogP contribution in [0.3, 0.4) is 0 Å². The van der Waals surface area contributed by atoms with Gasteiger partial charge >= 0.3 is 0 Å². The van der Waals surface area contributed by atoms with E-state index < -0.39 is 0 Å². The Morgan fingerprint density at radius 3 is 1.52 bits per heavy atom. The van der Waals surface area contributed by atoms with Crippen LogP contribution in [0.2, 0.25) is 0 Å². The zero-order valence-corrected chi connectivity index (χ0v) is 22.0. The van der Waals surface area contributed by atoms with Crippen LogP contribution in [-0.2, 0) is 0 Å². The van der Waals surface area contributed by atoms with Crippen LogP contribution < -0.4 is 0 Å². The van der Waals surface area contributed by atoms with E-state index in [4.69, 9.17) is 0 Å². The van der Waals surface area contributed by atoms with E-state index in [-0.39, 0.29) is 0 Å². The number of hydrogen-bond donors (Lipinski definition) is 0. The molecule has 40 heavy (non-hydrogen) atoms. The maximum atomic E-state index is 2.52. The lowest BCUT2D eigenvalue weighted by atomic mass is 10.1. The molecule has 6 aromatic carbocycles. The Kier molecular flexibility index (Phi) is 3.27. The molecule has 0 saturated carbocycles. The lowest BCUT2D eigenvalue weighted by Gasteiger charge is -2.11. The summed E-state index contributed by atoms with van der Waals surface area (Å²) in [6.45, 7) is 0. The van der Waals surface area contributed by atoms with Gasteiger partial charge in [0.1, 0.15) is 0 Å². The van der Waals surface area contributed by atoms with Crippen molar-refractivity contribution in [3.63, 3.8) is 0 Å². The highest BCUT2D eigenvalue weighted by atomic mass is 32.1. The fourth-order valence-corrected chi connectivity index (χ4v) is 8.73. The molecule has 11 rings (SSSR count). The highest BCUT2D eigenvalue weighted by Crippen LogP contribution is 2.44. The van der Waals surface area contributed by atoms with Gasteiger partial charge in [-0.1, -0.05) is 72.8 Å². The number of nitrogens with zero attached hydrogens (tertiary/aromatic N) is 3. The van der Waals surface area contributed by atoms with Gasteiger partial charge in [0, 0.05) is 32.3 Å². The fourth-order valence-electron chi connectivity index (χ4n) is 7.62. The van der Waals surface area contributed by atoms with E-state index >= 15 is 0 Å². The smallest absolute Gasteiger partial charge is 0.0783 e. The molecule has 184 valence electrons. The van der Waals surface area contributed by atoms with Crippen molar-refractivity contribution in [2.45, 2.75) is 0 Å². The van der Waals surface area contributed by atoms with Gasteiger partial charge in [-0.3, -0.25) is 0 Å². The third-order valence-corrected chi connectivity index (χ3v) is 10.2. The lowest BCUT2D eigenvalue weighted by molar-refractivity contribution is 1.26. The van der Waals surface area contributed by atoms with Gasteiger partial charge in [-0.05, 0) is 42.5 Å². The normalized spacial score (nSPS) is 13.0. The Balaban J connectivity index is 1.47. The first-order valence-electron chi connectivity index (χ1n) is 13.7. The van der Waals surface area contributed by atoms with Crippen molar-refractivity contribution in [1.29, 1.82) is 0 Å². The Bertz CT molecular complexity index is 2870. The molecule has 0 fully saturated rings. The molecule has 0 atom stereocenters. The summed E-state index contributed by atoms with van der Waals surface area (Å²) in [5.74, 6) is 0. The van der Waals surface area contributed by atoms with E-state index in [0.29, 0.717) is 0 Å². The molecule has 0 bridgehead atoms. The monoisotopic (exact) mass is 525 g/mol. The van der Waals surface area contributed by atoms with Crippen LogP contribution in [0.5, 0.6) is 0 Å². The minimum Gasteiger partial charge on any atom is -0.306 e. The molecule has 0 aliphatic rings. The molecule has 0 N–H and O–H groups in total. The average molecular weight is 526 g/mol. The maximum absolute atomic E-state index is 2.52. The third-order valence-electron chi connectivity index (χ3n) is 9.12. The summed E-state index contributed by atoms with van der Waals surface area (Å²) in [4.78, 5) is 0. The number of hydrogen-bond acceptors (Lipinski definition) is 1. The summed E-state index contributed by atoms with van der Waals surface area (Å²) in [5.41, 5.74) is 11.4. The topological polar surface area (TPSA) is 13.2 Å². The first-order chi connectivity index (χ1) is 19.9. The van der Waals surface area contributed by atoms with Crippen LogP contribution in [0.25, 0.3) is 91.4 Å². The van der Waals surface area contributed by atoms with Gasteiger partial charge in [0.05, 0.1) is 59.1 Å². The van der Waals surface area contributed by atoms with Crippen LogP contribution in [0.4, 0.5) is 0 Å². The molecule has 5 heterocycles. The van der Waals surface area contributed by atoms with Gasteiger partial charge in [-0.2, -0.15) is 0 Å². The summed E-state index contributed by atoms with van der Waals surface area (Å²) < 4.78 is 10.1. The quantitative estimate of drug-likeness (QED) is 0.175. The number of aromatic nitrogens is 3. The number of rotatable bonds is 0. The van der Waals surface area contributed by atoms with Crippen molar-refractivity contribution in [2.24, 2.45) is 0 Å². The summed E-state index contributed by atoms with van der Waals surface area (Å²) in [7, 11) is 0. The summed E-state index contributed by atoms with van der Waals surface area (Å²) >= 11 is 1.90. The van der Waals surface area contributed by atoms with E-state index in [0.717, 1.165) is 0 Å². The Morgan fingerprint density at radius 2 is 0.825 bits per heavy atom. The minimum atomic E-state index is 1.25. The second kappa shape index (κ2) is 6.56. The maximum Gasteiger partial charge on any atom is 0.0783 e. The van der Waals surface area contributed by atoms with Gasteiger partial charge in [0.2, 0.25) is 0 Å². The van der Waals surface area contributed by atoms with Crippen molar-refractivity contribution >= 4 is 103 Å². The molecular formula is C36H19N3S. The zero-order valence-electron chi connectivity index (χ0n) is 21.2. The largest absolute Gasteiger partial charge is 0.306 e. The van der Waals surface area contributed by atoms with Crippen molar-refractivity contribution in [2.75, 3.05) is 0 Å². The summed E-state index contributed by atoms with van der Waals surface area (Å²) in [5, 5.41) is 7.85. The van der Waals surface area contributed by atoms with Gasteiger partial charge in [-0.25, -0.2) is 0 Å². The Morgan fingerprint density at radius 1 is 0.325 bits per heavy atom. The first-order valence-corrected chi connectivity index (χ1v) is 14.5. The number of para-hydroxylation sites is 5. The van der Waals surface area contributed by atoms with Crippen LogP contribution in [0, 0.1) is 0 Å². The Labute approximate surface area is 230 Å². The predicted octanol–water partition coefficient (Wildman–Crippen LogP) is 10.0. The van der Waals surface area contributed by atoms with E-state index in [1.807, 2.05) is 11.3 Å². The summed E-state index contributed by atoms with van der Waals surface area (Å²) in [6.07, 6.45) is 0. The van der Waals surface area contributed by atoms with E-state index in [1.165, 1.54) is 91.4 Å². The standard InChI is InChI=1S/C36H19N3S/c1-3-13-26-20(8-1)22-10-5-16-29-34(22)37(26)28-15-6-11-24-25-18-33-31(19-30(25)39(29)35(24)28)38-27-14-4-2-9-21(27)23-12-7-17-32(40-33)36(23)38/h1-19H. The van der Waals surface area contributed by atoms with Gasteiger partial charge in [0.25, 0.3) is 0 Å². The molecule has 3 nitrogen and oxygen atoms in total. The van der Waals surface area contributed by atoms with Crippen molar-refractivity contribution < 1.29 is 0 Å². The SMILES string of the molecule is c1ccc2c(c1)c1cccc3sc4cc5c6cccc7c6n(c5cc4n2c31)c1cccc2c3ccccc3n7c21. The van der Waals surface area contributed by atoms with Crippen LogP contribution >= 0.6 is 11.3 Å². The number of fused-ring (bicyclic) bond motifs is 13. The molecule has 4 heteroatoms. The third kappa shape index (κ3) is 2.09. The fraction of sp³-hybridized carbons (Fsp3) is 0. The zero-order chi connectivity index (χ0) is 25.7. The molecule has 0 aliphatic heterocycles. The molecule has 0 aliphatic carbocycles. The van der Waals surface area contributed by atoms with Crippen molar-refractivity contribution in [1.82, 2.24) is 13.2 Å². The molecule has 0 radical (unpaired) electrons. The van der Waals surface area contributed by atoms with E-state index in [1.54, 1.807) is 0 Å². The number of benzene rings is 6. The molecule has 0 saturated heterocycles. The molecule has 0 spiro atoms. The highest BCUT2D eigenvalue weighted by Gasteiger charge is 2.22. The van der Waals surface area contributed by atoms with E-state index in [9.17, 15) is 0 Å². The second-order valence-electron chi connectivity index (χ2n) is 11.0. The van der Waals surface area contributed by atoms with Gasteiger partial charge in [0.15, 0.2) is 0 Å². The predicted molar refractivity (Wildman–Crippen MR) is 171 cm³/mol. The molecule has 0 amide bonds. The Hall–Kier alpha value is -5.06. The average Bonchev–Trinajstić information content (AvgIpc) is 3.64. The van der Waals surface area contributed by atoms with Crippen molar-refractivity contribution in [3.05, 3.63) is 115 Å². The summed E-state index contributed by atoms with van der Waals surface area (Å²) in [6, 6.07) is 42.8. The molecule has 5 aromatic heterocycles. The van der Waals surface area contributed by atoms with Gasteiger partial charge in [-0.15, -0.1) is 11.3 Å². The van der Waals surface area contributed by atoms with Gasteiger partial charge < -0.3 is 13.2 Å². The minimum absolute atomic E-state index is 1.25. The van der Waals surface area contributed by atoms with Crippen LogP contribution in [0.1, 0.15) is 0 Å². The second-order valence-corrected chi connectivity index (χ2v) is 12.1.